The standard InChI is InChI=1S/C7H5ClN2O2S/c1-12-6(11)4-3-10-5(8)2-9-7(10)13-4/h2-3H,1H3. The third-order valence-electron chi connectivity index (χ3n) is 1.55. The first-order valence-electron chi connectivity index (χ1n) is 3.43. The molecule has 0 spiro atoms. The van der Waals surface area contributed by atoms with Crippen LogP contribution < -0.4 is 0 Å². The molecule has 0 saturated heterocycles. The van der Waals surface area contributed by atoms with Gasteiger partial charge in [-0.15, -0.1) is 0 Å². The van der Waals surface area contributed by atoms with E-state index in [0.717, 1.165) is 0 Å². The molecule has 6 heteroatoms. The minimum absolute atomic E-state index is 0.369. The number of esters is 1. The fourth-order valence-electron chi connectivity index (χ4n) is 0.954. The van der Waals surface area contributed by atoms with Crippen LogP contribution in [0.1, 0.15) is 9.67 Å². The second kappa shape index (κ2) is 3.01. The summed E-state index contributed by atoms with van der Waals surface area (Å²) in [6.45, 7) is 0. The van der Waals surface area contributed by atoms with E-state index in [2.05, 4.69) is 9.72 Å². The molecule has 2 rings (SSSR count). The Morgan fingerprint density at radius 1 is 1.77 bits per heavy atom. The quantitative estimate of drug-likeness (QED) is 0.684. The van der Waals surface area contributed by atoms with Gasteiger partial charge in [0.05, 0.1) is 13.3 Å². The number of rotatable bonds is 1. The van der Waals surface area contributed by atoms with Gasteiger partial charge in [0.2, 0.25) is 0 Å². The summed E-state index contributed by atoms with van der Waals surface area (Å²) in [4.78, 5) is 16.3. The van der Waals surface area contributed by atoms with Crippen LogP contribution in [0.5, 0.6) is 0 Å². The van der Waals surface area contributed by atoms with Crippen molar-refractivity contribution in [2.45, 2.75) is 0 Å². The number of fused-ring (bicyclic) bond motifs is 1. The van der Waals surface area contributed by atoms with Crippen molar-refractivity contribution in [3.8, 4) is 0 Å². The maximum Gasteiger partial charge on any atom is 0.349 e. The fraction of sp³-hybridized carbons (Fsp3) is 0.143. The van der Waals surface area contributed by atoms with Crippen LogP contribution in [-0.2, 0) is 4.74 Å². The maximum absolute atomic E-state index is 11.1. The van der Waals surface area contributed by atoms with Gasteiger partial charge >= 0.3 is 5.97 Å². The average molecular weight is 217 g/mol. The number of aromatic nitrogens is 2. The maximum atomic E-state index is 11.1. The van der Waals surface area contributed by atoms with Crippen LogP contribution in [0.3, 0.4) is 0 Å². The highest BCUT2D eigenvalue weighted by Gasteiger charge is 2.12. The SMILES string of the molecule is COC(=O)c1cn2c(Cl)cnc2s1. The van der Waals surface area contributed by atoms with Crippen molar-refractivity contribution in [2.24, 2.45) is 0 Å². The highest BCUT2D eigenvalue weighted by molar-refractivity contribution is 7.18. The number of ether oxygens (including phenoxy) is 1. The Morgan fingerprint density at radius 3 is 3.15 bits per heavy atom. The third kappa shape index (κ3) is 1.30. The Kier molecular flexibility index (Phi) is 1.97. The van der Waals surface area contributed by atoms with Crippen LogP contribution in [0.15, 0.2) is 12.4 Å². The molecule has 0 bridgehead atoms. The highest BCUT2D eigenvalue weighted by atomic mass is 35.5. The van der Waals surface area contributed by atoms with Crippen molar-refractivity contribution < 1.29 is 9.53 Å². The second-order valence-electron chi connectivity index (χ2n) is 2.32. The van der Waals surface area contributed by atoms with Gasteiger partial charge in [-0.25, -0.2) is 9.78 Å². The minimum Gasteiger partial charge on any atom is -0.465 e. The molecule has 13 heavy (non-hydrogen) atoms. The lowest BCUT2D eigenvalue weighted by Gasteiger charge is -1.90. The van der Waals surface area contributed by atoms with Crippen molar-refractivity contribution in [1.82, 2.24) is 9.38 Å². The number of carbonyl (C=O) groups is 1. The molecule has 2 aromatic rings. The molecule has 0 amide bonds. The Morgan fingerprint density at radius 2 is 2.54 bits per heavy atom. The monoisotopic (exact) mass is 216 g/mol. The number of hydrogen-bond acceptors (Lipinski definition) is 4. The normalized spacial score (nSPS) is 10.6. The van der Waals surface area contributed by atoms with Crippen LogP contribution in [0.2, 0.25) is 5.15 Å². The van der Waals surface area contributed by atoms with E-state index < -0.39 is 0 Å². The molecule has 0 aliphatic carbocycles. The van der Waals surface area contributed by atoms with E-state index in [1.807, 2.05) is 0 Å². The first kappa shape index (κ1) is 8.52. The van der Waals surface area contributed by atoms with Crippen molar-refractivity contribution in [2.75, 3.05) is 7.11 Å². The van der Waals surface area contributed by atoms with Crippen LogP contribution in [-0.4, -0.2) is 22.5 Å². The lowest BCUT2D eigenvalue weighted by Crippen LogP contribution is -1.97. The number of methoxy groups -OCH3 is 1. The van der Waals surface area contributed by atoms with E-state index in [-0.39, 0.29) is 5.97 Å². The van der Waals surface area contributed by atoms with Crippen molar-refractivity contribution in [3.05, 3.63) is 22.4 Å². The van der Waals surface area contributed by atoms with E-state index in [4.69, 9.17) is 11.6 Å². The van der Waals surface area contributed by atoms with E-state index in [0.29, 0.717) is 15.0 Å². The molecule has 0 aromatic carbocycles. The number of thiazole rings is 1. The molecule has 0 radical (unpaired) electrons. The van der Waals surface area contributed by atoms with Crippen LogP contribution in [0.4, 0.5) is 0 Å². The van der Waals surface area contributed by atoms with Gasteiger partial charge in [0.25, 0.3) is 0 Å². The summed E-state index contributed by atoms with van der Waals surface area (Å²) in [6, 6.07) is 0. The Balaban J connectivity index is 2.56. The minimum atomic E-state index is -0.369. The van der Waals surface area contributed by atoms with Crippen molar-refractivity contribution >= 4 is 33.9 Å². The Labute approximate surface area is 82.7 Å². The van der Waals surface area contributed by atoms with E-state index in [9.17, 15) is 4.79 Å². The van der Waals surface area contributed by atoms with Crippen LogP contribution >= 0.6 is 22.9 Å². The molecule has 0 fully saturated rings. The molecule has 0 saturated carbocycles. The molecule has 2 heterocycles. The fourth-order valence-corrected chi connectivity index (χ4v) is 2.06. The zero-order chi connectivity index (χ0) is 9.42. The first-order chi connectivity index (χ1) is 6.22. The number of imidazole rings is 1. The topological polar surface area (TPSA) is 43.6 Å². The lowest BCUT2D eigenvalue weighted by atomic mass is 10.6. The van der Waals surface area contributed by atoms with Crippen LogP contribution in [0, 0.1) is 0 Å². The Hall–Kier alpha value is -1.07. The van der Waals surface area contributed by atoms with Gasteiger partial charge in [0.15, 0.2) is 4.96 Å². The summed E-state index contributed by atoms with van der Waals surface area (Å²) in [5.74, 6) is -0.369. The van der Waals surface area contributed by atoms with Gasteiger partial charge in [-0.1, -0.05) is 22.9 Å². The molecule has 2 aromatic heterocycles. The molecular weight excluding hydrogens is 212 g/mol. The van der Waals surface area contributed by atoms with E-state index >= 15 is 0 Å². The molecule has 68 valence electrons. The summed E-state index contributed by atoms with van der Waals surface area (Å²) < 4.78 is 6.20. The molecule has 0 atom stereocenters. The molecule has 0 unspecified atom stereocenters. The van der Waals surface area contributed by atoms with Gasteiger partial charge in [0, 0.05) is 6.20 Å². The molecule has 4 nitrogen and oxygen atoms in total. The van der Waals surface area contributed by atoms with Gasteiger partial charge in [-0.2, -0.15) is 0 Å². The summed E-state index contributed by atoms with van der Waals surface area (Å²) >= 11 is 7.03. The number of nitrogens with zero attached hydrogens (tertiary/aromatic N) is 2. The summed E-state index contributed by atoms with van der Waals surface area (Å²) in [5, 5.41) is 0.487. The smallest absolute Gasteiger partial charge is 0.349 e. The van der Waals surface area contributed by atoms with Gasteiger partial charge in [-0.3, -0.25) is 4.40 Å². The lowest BCUT2D eigenvalue weighted by molar-refractivity contribution is 0.0606. The number of halogens is 1. The third-order valence-corrected chi connectivity index (χ3v) is 2.81. The Bertz CT molecular complexity index is 462. The zero-order valence-corrected chi connectivity index (χ0v) is 8.22. The summed E-state index contributed by atoms with van der Waals surface area (Å²) in [6.07, 6.45) is 3.15. The van der Waals surface area contributed by atoms with Gasteiger partial charge < -0.3 is 4.74 Å². The van der Waals surface area contributed by atoms with E-state index in [1.165, 1.54) is 24.6 Å². The predicted octanol–water partition coefficient (Wildman–Crippen LogP) is 1.84. The number of carbonyl (C=O) groups excluding carboxylic acids is 1. The first-order valence-corrected chi connectivity index (χ1v) is 4.62. The van der Waals surface area contributed by atoms with Crippen molar-refractivity contribution in [1.29, 1.82) is 0 Å². The molecule has 0 aliphatic heterocycles. The molecule has 0 aliphatic rings. The second-order valence-corrected chi connectivity index (χ2v) is 3.72. The van der Waals surface area contributed by atoms with Crippen molar-refractivity contribution in [3.63, 3.8) is 0 Å². The van der Waals surface area contributed by atoms with Gasteiger partial charge in [-0.05, 0) is 0 Å². The van der Waals surface area contributed by atoms with Crippen LogP contribution in [0.25, 0.3) is 4.96 Å². The van der Waals surface area contributed by atoms with E-state index in [1.54, 1.807) is 10.6 Å². The largest absolute Gasteiger partial charge is 0.465 e. The zero-order valence-electron chi connectivity index (χ0n) is 6.65. The highest BCUT2D eigenvalue weighted by Crippen LogP contribution is 2.21. The molecule has 0 N–H and O–H groups in total. The predicted molar refractivity (Wildman–Crippen MR) is 49.4 cm³/mol. The molecular formula is C7H5ClN2O2S. The number of hydrogen-bond donors (Lipinski definition) is 0. The summed E-state index contributed by atoms with van der Waals surface area (Å²) in [5.41, 5.74) is 0. The summed E-state index contributed by atoms with van der Waals surface area (Å²) in [7, 11) is 1.34. The average Bonchev–Trinajstić information content (AvgIpc) is 2.67. The van der Waals surface area contributed by atoms with Gasteiger partial charge in [0.1, 0.15) is 10.0 Å².